The van der Waals surface area contributed by atoms with E-state index in [0.29, 0.717) is 16.6 Å². The number of morpholine rings is 1. The largest absolute Gasteiger partial charge is 0.478 e. The molecule has 5 rings (SSSR count). The van der Waals surface area contributed by atoms with Gasteiger partial charge in [-0.3, -0.25) is 0 Å². The Morgan fingerprint density at radius 2 is 1.58 bits per heavy atom. The van der Waals surface area contributed by atoms with Gasteiger partial charge in [0.2, 0.25) is 0 Å². The van der Waals surface area contributed by atoms with Crippen molar-refractivity contribution in [3.8, 4) is 22.4 Å². The molecule has 0 saturated carbocycles. The molecule has 0 spiro atoms. The van der Waals surface area contributed by atoms with Gasteiger partial charge < -0.3 is 14.7 Å². The standard InChI is InChI=1S/C26H22N2O3/c29-26(30)23-17-25(27-24-7-2-1-6-22(23)24)20-5-3-4-19(16-20)18-8-10-21(11-9-18)28-12-14-31-15-13-28/h1-11,16-17H,12-15H2,(H,29,30). The van der Waals surface area contributed by atoms with Crippen LogP contribution in [0.1, 0.15) is 10.4 Å². The first-order valence-electron chi connectivity index (χ1n) is 10.4. The molecule has 2 heterocycles. The molecule has 0 aliphatic carbocycles. The Hall–Kier alpha value is -3.70. The lowest BCUT2D eigenvalue weighted by Gasteiger charge is -2.28. The number of para-hydroxylation sites is 1. The molecule has 4 aromatic rings. The van der Waals surface area contributed by atoms with Crippen molar-refractivity contribution in [1.82, 2.24) is 4.98 Å². The lowest BCUT2D eigenvalue weighted by molar-refractivity contribution is 0.0699. The number of aromatic nitrogens is 1. The van der Waals surface area contributed by atoms with Gasteiger partial charge in [-0.1, -0.05) is 48.5 Å². The van der Waals surface area contributed by atoms with E-state index in [1.54, 1.807) is 12.1 Å². The summed E-state index contributed by atoms with van der Waals surface area (Å²) in [5.41, 5.74) is 5.87. The summed E-state index contributed by atoms with van der Waals surface area (Å²) in [4.78, 5) is 18.9. The third-order valence-electron chi connectivity index (χ3n) is 5.68. The van der Waals surface area contributed by atoms with Gasteiger partial charge in [0.25, 0.3) is 0 Å². The fourth-order valence-corrected chi connectivity index (χ4v) is 4.04. The van der Waals surface area contributed by atoms with Crippen LogP contribution in [0.5, 0.6) is 0 Å². The Labute approximate surface area is 180 Å². The molecule has 1 aromatic heterocycles. The van der Waals surface area contributed by atoms with Crippen LogP contribution >= 0.6 is 0 Å². The van der Waals surface area contributed by atoms with Crippen molar-refractivity contribution < 1.29 is 14.6 Å². The van der Waals surface area contributed by atoms with Crippen LogP contribution in [0.3, 0.4) is 0 Å². The maximum Gasteiger partial charge on any atom is 0.336 e. The zero-order valence-corrected chi connectivity index (χ0v) is 17.0. The number of benzene rings is 3. The summed E-state index contributed by atoms with van der Waals surface area (Å²) in [6, 6.07) is 25.6. The zero-order valence-electron chi connectivity index (χ0n) is 17.0. The normalized spacial score (nSPS) is 14.0. The highest BCUT2D eigenvalue weighted by atomic mass is 16.5. The summed E-state index contributed by atoms with van der Waals surface area (Å²) >= 11 is 0. The molecular formula is C26H22N2O3. The average Bonchev–Trinajstić information content (AvgIpc) is 2.84. The van der Waals surface area contributed by atoms with Crippen LogP contribution in [0.15, 0.2) is 78.9 Å². The Morgan fingerprint density at radius 1 is 0.839 bits per heavy atom. The van der Waals surface area contributed by atoms with Crippen molar-refractivity contribution in [2.45, 2.75) is 0 Å². The van der Waals surface area contributed by atoms with E-state index < -0.39 is 5.97 Å². The molecule has 1 aliphatic rings. The molecule has 0 amide bonds. The molecule has 154 valence electrons. The van der Waals surface area contributed by atoms with E-state index in [2.05, 4.69) is 41.3 Å². The molecule has 5 heteroatoms. The van der Waals surface area contributed by atoms with Crippen molar-refractivity contribution in [3.63, 3.8) is 0 Å². The predicted molar refractivity (Wildman–Crippen MR) is 123 cm³/mol. The third-order valence-corrected chi connectivity index (χ3v) is 5.68. The van der Waals surface area contributed by atoms with Crippen LogP contribution in [-0.2, 0) is 4.74 Å². The summed E-state index contributed by atoms with van der Waals surface area (Å²) in [5.74, 6) is -0.949. The number of fused-ring (bicyclic) bond motifs is 1. The number of anilines is 1. The summed E-state index contributed by atoms with van der Waals surface area (Å²) in [6.45, 7) is 3.35. The van der Waals surface area contributed by atoms with Gasteiger partial charge in [0, 0.05) is 29.7 Å². The summed E-state index contributed by atoms with van der Waals surface area (Å²) in [5, 5.41) is 10.3. The van der Waals surface area contributed by atoms with Crippen LogP contribution in [0.2, 0.25) is 0 Å². The van der Waals surface area contributed by atoms with Crippen LogP contribution in [0, 0.1) is 0 Å². The van der Waals surface area contributed by atoms with Crippen molar-refractivity contribution in [1.29, 1.82) is 0 Å². The molecule has 1 N–H and O–H groups in total. The van der Waals surface area contributed by atoms with Crippen LogP contribution in [-0.4, -0.2) is 42.4 Å². The summed E-state index contributed by atoms with van der Waals surface area (Å²) in [7, 11) is 0. The number of hydrogen-bond acceptors (Lipinski definition) is 4. The Morgan fingerprint density at radius 3 is 2.35 bits per heavy atom. The highest BCUT2D eigenvalue weighted by molar-refractivity contribution is 6.03. The van der Waals surface area contributed by atoms with Crippen LogP contribution in [0.4, 0.5) is 5.69 Å². The molecule has 0 unspecified atom stereocenters. The van der Waals surface area contributed by atoms with Gasteiger partial charge in [-0.15, -0.1) is 0 Å². The SMILES string of the molecule is O=C(O)c1cc(-c2cccc(-c3ccc(N4CCOCC4)cc3)c2)nc2ccccc12. The zero-order chi connectivity index (χ0) is 21.2. The quantitative estimate of drug-likeness (QED) is 0.507. The third kappa shape index (κ3) is 3.88. The van der Waals surface area contributed by atoms with E-state index in [-0.39, 0.29) is 5.56 Å². The monoisotopic (exact) mass is 410 g/mol. The van der Waals surface area contributed by atoms with E-state index in [9.17, 15) is 9.90 Å². The first kappa shape index (κ1) is 19.3. The molecule has 0 bridgehead atoms. The molecule has 5 nitrogen and oxygen atoms in total. The van der Waals surface area contributed by atoms with E-state index in [1.807, 2.05) is 30.3 Å². The van der Waals surface area contributed by atoms with E-state index >= 15 is 0 Å². The molecule has 1 saturated heterocycles. The fourth-order valence-electron chi connectivity index (χ4n) is 4.04. The second-order valence-corrected chi connectivity index (χ2v) is 7.60. The van der Waals surface area contributed by atoms with Gasteiger partial charge in [0.05, 0.1) is 30.0 Å². The van der Waals surface area contributed by atoms with Crippen molar-refractivity contribution in [2.24, 2.45) is 0 Å². The molecule has 0 atom stereocenters. The first-order chi connectivity index (χ1) is 15.2. The fraction of sp³-hybridized carbons (Fsp3) is 0.154. The average molecular weight is 410 g/mol. The lowest BCUT2D eigenvalue weighted by Crippen LogP contribution is -2.36. The summed E-state index contributed by atoms with van der Waals surface area (Å²) < 4.78 is 5.44. The molecular weight excluding hydrogens is 388 g/mol. The molecule has 3 aromatic carbocycles. The molecule has 0 radical (unpaired) electrons. The van der Waals surface area contributed by atoms with E-state index in [0.717, 1.165) is 43.0 Å². The minimum atomic E-state index is -0.949. The van der Waals surface area contributed by atoms with E-state index in [4.69, 9.17) is 9.72 Å². The van der Waals surface area contributed by atoms with Gasteiger partial charge in [0.15, 0.2) is 0 Å². The van der Waals surface area contributed by atoms with Gasteiger partial charge in [-0.05, 0) is 41.5 Å². The number of ether oxygens (including phenoxy) is 1. The number of carbonyl (C=O) groups is 1. The van der Waals surface area contributed by atoms with Crippen molar-refractivity contribution in [2.75, 3.05) is 31.2 Å². The minimum absolute atomic E-state index is 0.265. The number of aromatic carboxylic acids is 1. The Balaban J connectivity index is 1.50. The topological polar surface area (TPSA) is 62.7 Å². The van der Waals surface area contributed by atoms with Crippen LogP contribution in [0.25, 0.3) is 33.3 Å². The molecule has 31 heavy (non-hydrogen) atoms. The highest BCUT2D eigenvalue weighted by Crippen LogP contribution is 2.29. The second-order valence-electron chi connectivity index (χ2n) is 7.60. The van der Waals surface area contributed by atoms with E-state index in [1.165, 1.54) is 5.69 Å². The minimum Gasteiger partial charge on any atom is -0.478 e. The predicted octanol–water partition coefficient (Wildman–Crippen LogP) is 5.10. The number of carboxylic acids is 1. The van der Waals surface area contributed by atoms with Crippen molar-refractivity contribution in [3.05, 3.63) is 84.4 Å². The molecule has 1 aliphatic heterocycles. The van der Waals surface area contributed by atoms with Gasteiger partial charge in [-0.2, -0.15) is 0 Å². The van der Waals surface area contributed by atoms with Crippen LogP contribution < -0.4 is 4.90 Å². The lowest BCUT2D eigenvalue weighted by atomic mass is 9.99. The Kier molecular flexibility index (Phi) is 5.10. The highest BCUT2D eigenvalue weighted by Gasteiger charge is 2.14. The van der Waals surface area contributed by atoms with Gasteiger partial charge in [-0.25, -0.2) is 9.78 Å². The second kappa shape index (κ2) is 8.20. The van der Waals surface area contributed by atoms with Crippen molar-refractivity contribution >= 4 is 22.6 Å². The number of hydrogen-bond donors (Lipinski definition) is 1. The number of pyridine rings is 1. The maximum atomic E-state index is 11.8. The summed E-state index contributed by atoms with van der Waals surface area (Å²) in [6.07, 6.45) is 0. The van der Waals surface area contributed by atoms with Gasteiger partial charge in [0.1, 0.15) is 0 Å². The number of rotatable bonds is 4. The number of carboxylic acid groups (broad SMARTS) is 1. The first-order valence-corrected chi connectivity index (χ1v) is 10.4. The number of nitrogens with zero attached hydrogens (tertiary/aromatic N) is 2. The van der Waals surface area contributed by atoms with Gasteiger partial charge >= 0.3 is 5.97 Å². The smallest absolute Gasteiger partial charge is 0.336 e. The molecule has 1 fully saturated rings. The maximum absolute atomic E-state index is 11.8. The Bertz CT molecular complexity index is 1250.